The monoisotopic (exact) mass is 371 g/mol. The smallest absolute Gasteiger partial charge is 0.225 e. The highest BCUT2D eigenvalue weighted by Gasteiger charge is 2.38. The minimum absolute atomic E-state index is 0.0468. The average molecular weight is 371 g/mol. The molecule has 1 saturated heterocycles. The third-order valence-electron chi connectivity index (χ3n) is 5.28. The number of nitrogens with one attached hydrogen (secondary N) is 1. The molecule has 7 nitrogen and oxygen atoms in total. The van der Waals surface area contributed by atoms with Gasteiger partial charge in [-0.15, -0.1) is 0 Å². The second kappa shape index (κ2) is 7.82. The number of hydrogen-bond donors (Lipinski definition) is 1. The number of carbonyl (C=O) groups is 2. The second-order valence-corrected chi connectivity index (χ2v) is 6.89. The van der Waals surface area contributed by atoms with Crippen LogP contribution in [0.3, 0.4) is 0 Å². The van der Waals surface area contributed by atoms with Crippen LogP contribution in [0.5, 0.6) is 5.75 Å². The predicted octanol–water partition coefficient (Wildman–Crippen LogP) is 2.53. The van der Waals surface area contributed by atoms with E-state index in [0.29, 0.717) is 25.1 Å². The standard InChI is InChI=1S/C20H25N3O4/c1-12-17(13(2)27-22-12)11-21-20(25)16-9-10-18(24)23(3)19(16)14-5-7-15(26-4)8-6-14/h5-8,16,19H,9-11H2,1-4H3,(H,21,25)/t16-,19+/m1/s1. The van der Waals surface area contributed by atoms with Crippen molar-refractivity contribution in [2.75, 3.05) is 14.2 Å². The molecule has 144 valence electrons. The largest absolute Gasteiger partial charge is 0.497 e. The summed E-state index contributed by atoms with van der Waals surface area (Å²) < 4.78 is 10.4. The van der Waals surface area contributed by atoms with Gasteiger partial charge < -0.3 is 19.5 Å². The van der Waals surface area contributed by atoms with E-state index in [1.807, 2.05) is 38.1 Å². The van der Waals surface area contributed by atoms with E-state index in [9.17, 15) is 9.59 Å². The molecule has 2 atom stereocenters. The van der Waals surface area contributed by atoms with Crippen molar-refractivity contribution in [1.82, 2.24) is 15.4 Å². The predicted molar refractivity (Wildman–Crippen MR) is 99.1 cm³/mol. The molecule has 0 radical (unpaired) electrons. The summed E-state index contributed by atoms with van der Waals surface area (Å²) in [6, 6.07) is 7.21. The Hall–Kier alpha value is -2.83. The molecule has 1 aromatic carbocycles. The number of ether oxygens (including phenoxy) is 1. The van der Waals surface area contributed by atoms with Crippen molar-refractivity contribution in [3.05, 3.63) is 46.8 Å². The quantitative estimate of drug-likeness (QED) is 0.873. The van der Waals surface area contributed by atoms with Crippen LogP contribution in [0.25, 0.3) is 0 Å². The van der Waals surface area contributed by atoms with Crippen molar-refractivity contribution in [3.8, 4) is 5.75 Å². The van der Waals surface area contributed by atoms with Gasteiger partial charge in [-0.1, -0.05) is 17.3 Å². The molecule has 1 N–H and O–H groups in total. The number of rotatable bonds is 5. The minimum atomic E-state index is -0.318. The van der Waals surface area contributed by atoms with Crippen molar-refractivity contribution in [2.45, 2.75) is 39.3 Å². The molecule has 2 amide bonds. The van der Waals surface area contributed by atoms with Gasteiger partial charge in [0.2, 0.25) is 11.8 Å². The van der Waals surface area contributed by atoms with Crippen LogP contribution in [0.2, 0.25) is 0 Å². The van der Waals surface area contributed by atoms with Gasteiger partial charge in [0.1, 0.15) is 11.5 Å². The number of methoxy groups -OCH3 is 1. The van der Waals surface area contributed by atoms with E-state index in [1.54, 1.807) is 19.1 Å². The molecule has 7 heteroatoms. The summed E-state index contributed by atoms with van der Waals surface area (Å²) in [6.45, 7) is 4.05. The van der Waals surface area contributed by atoms with Crippen molar-refractivity contribution in [1.29, 1.82) is 0 Å². The zero-order valence-electron chi connectivity index (χ0n) is 16.1. The number of piperidine rings is 1. The van der Waals surface area contributed by atoms with E-state index >= 15 is 0 Å². The lowest BCUT2D eigenvalue weighted by atomic mass is 9.84. The van der Waals surface area contributed by atoms with Crippen molar-refractivity contribution in [3.63, 3.8) is 0 Å². The Morgan fingerprint density at radius 2 is 2.04 bits per heavy atom. The molecule has 0 unspecified atom stereocenters. The number of hydrogen-bond acceptors (Lipinski definition) is 5. The fraction of sp³-hybridized carbons (Fsp3) is 0.450. The Labute approximate surface area is 158 Å². The van der Waals surface area contributed by atoms with Crippen molar-refractivity contribution < 1.29 is 18.8 Å². The third kappa shape index (κ3) is 3.82. The molecule has 2 heterocycles. The van der Waals surface area contributed by atoms with Gasteiger partial charge in [-0.25, -0.2) is 0 Å². The number of aryl methyl sites for hydroxylation is 2. The first-order chi connectivity index (χ1) is 12.9. The van der Waals surface area contributed by atoms with Crippen LogP contribution in [-0.2, 0) is 16.1 Å². The molecule has 1 fully saturated rings. The maximum absolute atomic E-state index is 13.0. The summed E-state index contributed by atoms with van der Waals surface area (Å²) in [5.41, 5.74) is 2.59. The molecule has 0 saturated carbocycles. The van der Waals surface area contributed by atoms with Gasteiger partial charge in [-0.3, -0.25) is 9.59 Å². The fourth-order valence-corrected chi connectivity index (χ4v) is 3.63. The average Bonchev–Trinajstić information content (AvgIpc) is 2.99. The van der Waals surface area contributed by atoms with Crippen LogP contribution in [0.4, 0.5) is 0 Å². The zero-order valence-corrected chi connectivity index (χ0v) is 16.1. The first-order valence-corrected chi connectivity index (χ1v) is 9.01. The van der Waals surface area contributed by atoms with Crippen LogP contribution in [0.15, 0.2) is 28.8 Å². The molecule has 1 aliphatic heterocycles. The molecule has 2 aromatic rings. The minimum Gasteiger partial charge on any atom is -0.497 e. The Kier molecular flexibility index (Phi) is 5.48. The zero-order chi connectivity index (χ0) is 19.6. The van der Waals surface area contributed by atoms with Crippen molar-refractivity contribution in [2.24, 2.45) is 5.92 Å². The number of benzene rings is 1. The lowest BCUT2D eigenvalue weighted by Crippen LogP contribution is -2.46. The Morgan fingerprint density at radius 1 is 1.33 bits per heavy atom. The summed E-state index contributed by atoms with van der Waals surface area (Å²) in [4.78, 5) is 26.9. The highest BCUT2D eigenvalue weighted by atomic mass is 16.5. The summed E-state index contributed by atoms with van der Waals surface area (Å²) in [6.07, 6.45) is 0.889. The topological polar surface area (TPSA) is 84.7 Å². The Bertz CT molecular complexity index is 809. The highest BCUT2D eigenvalue weighted by Crippen LogP contribution is 2.36. The SMILES string of the molecule is COc1ccc([C@H]2[C@H](C(=O)NCc3c(C)noc3C)CCC(=O)N2C)cc1. The molecule has 0 bridgehead atoms. The summed E-state index contributed by atoms with van der Waals surface area (Å²) >= 11 is 0. The third-order valence-corrected chi connectivity index (χ3v) is 5.28. The number of carbonyl (C=O) groups excluding carboxylic acids is 2. The van der Waals surface area contributed by atoms with Crippen molar-refractivity contribution >= 4 is 11.8 Å². The number of likely N-dealkylation sites (tertiary alicyclic amines) is 1. The molecular weight excluding hydrogens is 346 g/mol. The van der Waals surface area contributed by atoms with E-state index in [-0.39, 0.29) is 23.8 Å². The van der Waals surface area contributed by atoms with E-state index in [0.717, 1.165) is 22.6 Å². The van der Waals surface area contributed by atoms with E-state index < -0.39 is 0 Å². The van der Waals surface area contributed by atoms with Crippen LogP contribution in [0, 0.1) is 19.8 Å². The van der Waals surface area contributed by atoms with Crippen LogP contribution in [0.1, 0.15) is 41.5 Å². The first kappa shape index (κ1) is 18.9. The molecule has 27 heavy (non-hydrogen) atoms. The lowest BCUT2D eigenvalue weighted by molar-refractivity contribution is -0.141. The van der Waals surface area contributed by atoms with Gasteiger partial charge in [0, 0.05) is 25.6 Å². The molecule has 0 aliphatic carbocycles. The maximum Gasteiger partial charge on any atom is 0.225 e. The van der Waals surface area contributed by atoms with Crippen LogP contribution >= 0.6 is 0 Å². The number of nitrogens with zero attached hydrogens (tertiary/aromatic N) is 2. The van der Waals surface area contributed by atoms with Gasteiger partial charge in [0.15, 0.2) is 0 Å². The van der Waals surface area contributed by atoms with Gasteiger partial charge in [-0.05, 0) is 38.0 Å². The van der Waals surface area contributed by atoms with E-state index in [1.165, 1.54) is 0 Å². The van der Waals surface area contributed by atoms with E-state index in [2.05, 4.69) is 10.5 Å². The molecule has 3 rings (SSSR count). The van der Waals surface area contributed by atoms with Gasteiger partial charge in [0.05, 0.1) is 24.8 Å². The van der Waals surface area contributed by atoms with Crippen LogP contribution in [-0.4, -0.2) is 36.0 Å². The molecule has 0 spiro atoms. The van der Waals surface area contributed by atoms with Gasteiger partial charge >= 0.3 is 0 Å². The second-order valence-electron chi connectivity index (χ2n) is 6.89. The van der Waals surface area contributed by atoms with Gasteiger partial charge in [0.25, 0.3) is 0 Å². The molecule has 1 aromatic heterocycles. The summed E-state index contributed by atoms with van der Waals surface area (Å²) in [5.74, 6) is 1.10. The normalized spacial score (nSPS) is 19.9. The molecule has 1 aliphatic rings. The van der Waals surface area contributed by atoms with Crippen LogP contribution < -0.4 is 10.1 Å². The number of aromatic nitrogens is 1. The summed E-state index contributed by atoms with van der Waals surface area (Å²) in [5, 5.41) is 6.91. The van der Waals surface area contributed by atoms with Gasteiger partial charge in [-0.2, -0.15) is 0 Å². The first-order valence-electron chi connectivity index (χ1n) is 9.01. The summed E-state index contributed by atoms with van der Waals surface area (Å²) in [7, 11) is 3.36. The maximum atomic E-state index is 13.0. The Balaban J connectivity index is 1.79. The highest BCUT2D eigenvalue weighted by molar-refractivity contribution is 5.85. The van der Waals surface area contributed by atoms with E-state index in [4.69, 9.17) is 9.26 Å². The number of amides is 2. The molecular formula is C20H25N3O4. The Morgan fingerprint density at radius 3 is 2.63 bits per heavy atom. The fourth-order valence-electron chi connectivity index (χ4n) is 3.63. The lowest BCUT2D eigenvalue weighted by Gasteiger charge is -2.38.